The summed E-state index contributed by atoms with van der Waals surface area (Å²) in [7, 11) is 0. The van der Waals surface area contributed by atoms with Gasteiger partial charge in [0.2, 0.25) is 0 Å². The zero-order chi connectivity index (χ0) is 12.8. The molecule has 1 aromatic heterocycles. The van der Waals surface area contributed by atoms with Crippen molar-refractivity contribution in [3.63, 3.8) is 0 Å². The molecule has 1 saturated carbocycles. The number of aromatic nitrogens is 1. The Balaban J connectivity index is 0.00000180. The predicted molar refractivity (Wildman–Crippen MR) is 90.0 cm³/mol. The van der Waals surface area contributed by atoms with E-state index < -0.39 is 0 Å². The van der Waals surface area contributed by atoms with Gasteiger partial charge in [0, 0.05) is 37.4 Å². The van der Waals surface area contributed by atoms with Gasteiger partial charge >= 0.3 is 0 Å². The molecule has 1 aromatic rings. The number of aliphatic imine (C=N–C) groups is 1. The average molecular weight is 374 g/mol. The zero-order valence-corrected chi connectivity index (χ0v) is 13.9. The summed E-state index contributed by atoms with van der Waals surface area (Å²) < 4.78 is 0. The van der Waals surface area contributed by atoms with Gasteiger partial charge in [-0.05, 0) is 31.4 Å². The van der Waals surface area contributed by atoms with Crippen LogP contribution in [0.4, 0.5) is 0 Å². The van der Waals surface area contributed by atoms with Crippen molar-refractivity contribution in [1.82, 2.24) is 15.6 Å². The van der Waals surface area contributed by atoms with Crippen LogP contribution in [0.1, 0.15) is 26.0 Å². The van der Waals surface area contributed by atoms with E-state index in [-0.39, 0.29) is 24.0 Å². The highest BCUT2D eigenvalue weighted by Crippen LogP contribution is 2.28. The predicted octanol–water partition coefficient (Wildman–Crippen LogP) is 2.21. The number of halogens is 1. The Kier molecular flexibility index (Phi) is 7.12. The van der Waals surface area contributed by atoms with Crippen LogP contribution < -0.4 is 10.6 Å². The molecule has 106 valence electrons. The van der Waals surface area contributed by atoms with E-state index in [1.165, 1.54) is 6.42 Å². The fourth-order valence-corrected chi connectivity index (χ4v) is 1.85. The van der Waals surface area contributed by atoms with E-state index in [0.29, 0.717) is 6.04 Å². The molecule has 4 nitrogen and oxygen atoms in total. The summed E-state index contributed by atoms with van der Waals surface area (Å²) in [4.78, 5) is 8.87. The van der Waals surface area contributed by atoms with Crippen molar-refractivity contribution in [3.8, 4) is 0 Å². The quantitative estimate of drug-likeness (QED) is 0.472. The molecule has 2 atom stereocenters. The molecule has 2 unspecified atom stereocenters. The Morgan fingerprint density at radius 1 is 1.47 bits per heavy atom. The first kappa shape index (κ1) is 16.2. The van der Waals surface area contributed by atoms with Gasteiger partial charge in [-0.3, -0.25) is 9.98 Å². The summed E-state index contributed by atoms with van der Waals surface area (Å²) in [5.74, 6) is 1.72. The number of hydrogen-bond donors (Lipinski definition) is 2. The van der Waals surface area contributed by atoms with Gasteiger partial charge in [-0.2, -0.15) is 0 Å². The van der Waals surface area contributed by atoms with Crippen LogP contribution in [0.5, 0.6) is 0 Å². The lowest BCUT2D eigenvalue weighted by Gasteiger charge is -2.10. The second kappa shape index (κ2) is 8.35. The maximum Gasteiger partial charge on any atom is 0.191 e. The monoisotopic (exact) mass is 374 g/mol. The molecule has 0 aliphatic heterocycles. The van der Waals surface area contributed by atoms with Crippen molar-refractivity contribution in [3.05, 3.63) is 30.1 Å². The van der Waals surface area contributed by atoms with Crippen LogP contribution in [0.2, 0.25) is 0 Å². The molecule has 0 spiro atoms. The molecule has 1 aliphatic rings. The van der Waals surface area contributed by atoms with Gasteiger partial charge in [0.15, 0.2) is 5.96 Å². The van der Waals surface area contributed by atoms with E-state index in [2.05, 4.69) is 34.5 Å². The summed E-state index contributed by atoms with van der Waals surface area (Å²) >= 11 is 0. The summed E-state index contributed by atoms with van der Waals surface area (Å²) in [5, 5.41) is 6.73. The lowest BCUT2D eigenvalue weighted by molar-refractivity contribution is 0.763. The second-order valence-electron chi connectivity index (χ2n) is 4.80. The third-order valence-electron chi connectivity index (χ3n) is 3.14. The van der Waals surface area contributed by atoms with Crippen molar-refractivity contribution in [2.45, 2.75) is 32.7 Å². The minimum Gasteiger partial charge on any atom is -0.357 e. The van der Waals surface area contributed by atoms with Gasteiger partial charge in [0.25, 0.3) is 0 Å². The SMILES string of the molecule is CCNC(=NCCc1ccccn1)NC1CC1C.I. The van der Waals surface area contributed by atoms with Crippen LogP contribution in [0, 0.1) is 5.92 Å². The zero-order valence-electron chi connectivity index (χ0n) is 11.6. The smallest absolute Gasteiger partial charge is 0.191 e. The maximum atomic E-state index is 4.58. The Morgan fingerprint density at radius 2 is 2.26 bits per heavy atom. The van der Waals surface area contributed by atoms with E-state index in [4.69, 9.17) is 0 Å². The first-order valence-corrected chi connectivity index (χ1v) is 6.74. The van der Waals surface area contributed by atoms with E-state index in [1.807, 2.05) is 24.4 Å². The van der Waals surface area contributed by atoms with Gasteiger partial charge in [0.1, 0.15) is 0 Å². The van der Waals surface area contributed by atoms with Gasteiger partial charge in [0.05, 0.1) is 0 Å². The molecule has 0 bridgehead atoms. The highest BCUT2D eigenvalue weighted by Gasteiger charge is 2.33. The first-order valence-electron chi connectivity index (χ1n) is 6.74. The van der Waals surface area contributed by atoms with Crippen LogP contribution in [0.25, 0.3) is 0 Å². The third-order valence-corrected chi connectivity index (χ3v) is 3.14. The summed E-state index contributed by atoms with van der Waals surface area (Å²) in [6.07, 6.45) is 3.97. The fraction of sp³-hybridized carbons (Fsp3) is 0.571. The third kappa shape index (κ3) is 5.76. The number of rotatable bonds is 5. The molecule has 1 fully saturated rings. The lowest BCUT2D eigenvalue weighted by atomic mass is 10.3. The Hall–Kier alpha value is -0.850. The molecule has 1 heterocycles. The molecule has 19 heavy (non-hydrogen) atoms. The van der Waals surface area contributed by atoms with E-state index in [0.717, 1.165) is 37.1 Å². The van der Waals surface area contributed by atoms with Gasteiger partial charge in [-0.15, -0.1) is 24.0 Å². The Bertz CT molecular complexity index is 394. The normalized spacial score (nSPS) is 21.5. The van der Waals surface area contributed by atoms with Crippen molar-refractivity contribution < 1.29 is 0 Å². The van der Waals surface area contributed by atoms with Crippen molar-refractivity contribution in [2.75, 3.05) is 13.1 Å². The van der Waals surface area contributed by atoms with E-state index in [9.17, 15) is 0 Å². The molecule has 0 aromatic carbocycles. The summed E-state index contributed by atoms with van der Waals surface area (Å²) in [6, 6.07) is 6.60. The standard InChI is InChI=1S/C14H22N4.HI/c1-3-15-14(18-13-10-11(13)2)17-9-7-12-6-4-5-8-16-12;/h4-6,8,11,13H,3,7,9-10H2,1-2H3,(H2,15,17,18);1H. The summed E-state index contributed by atoms with van der Waals surface area (Å²) in [6.45, 7) is 6.02. The van der Waals surface area contributed by atoms with Crippen LogP contribution in [0.15, 0.2) is 29.4 Å². The average Bonchev–Trinajstić information content (AvgIpc) is 3.06. The molecular weight excluding hydrogens is 351 g/mol. The first-order chi connectivity index (χ1) is 8.79. The maximum absolute atomic E-state index is 4.58. The number of nitrogens with one attached hydrogen (secondary N) is 2. The van der Waals surface area contributed by atoms with Crippen LogP contribution in [-0.4, -0.2) is 30.1 Å². The minimum absolute atomic E-state index is 0. The molecular formula is C14H23IN4. The number of pyridine rings is 1. The number of hydrogen-bond acceptors (Lipinski definition) is 2. The van der Waals surface area contributed by atoms with E-state index >= 15 is 0 Å². The topological polar surface area (TPSA) is 49.3 Å². The molecule has 5 heteroatoms. The van der Waals surface area contributed by atoms with Crippen LogP contribution in [0.3, 0.4) is 0 Å². The van der Waals surface area contributed by atoms with Gasteiger partial charge in [-0.1, -0.05) is 13.0 Å². The summed E-state index contributed by atoms with van der Waals surface area (Å²) in [5.41, 5.74) is 1.09. The number of nitrogens with zero attached hydrogens (tertiary/aromatic N) is 2. The Labute approximate surface area is 132 Å². The lowest BCUT2D eigenvalue weighted by Crippen LogP contribution is -2.39. The molecule has 0 amide bonds. The van der Waals surface area contributed by atoms with Gasteiger partial charge < -0.3 is 10.6 Å². The number of guanidine groups is 1. The van der Waals surface area contributed by atoms with E-state index in [1.54, 1.807) is 0 Å². The highest BCUT2D eigenvalue weighted by atomic mass is 127. The van der Waals surface area contributed by atoms with Crippen molar-refractivity contribution in [2.24, 2.45) is 10.9 Å². The molecule has 2 rings (SSSR count). The van der Waals surface area contributed by atoms with Crippen molar-refractivity contribution in [1.29, 1.82) is 0 Å². The molecule has 1 aliphatic carbocycles. The highest BCUT2D eigenvalue weighted by molar-refractivity contribution is 14.0. The van der Waals surface area contributed by atoms with Crippen molar-refractivity contribution >= 4 is 29.9 Å². The molecule has 2 N–H and O–H groups in total. The van der Waals surface area contributed by atoms with Gasteiger partial charge in [-0.25, -0.2) is 0 Å². The fourth-order valence-electron chi connectivity index (χ4n) is 1.85. The molecule has 0 saturated heterocycles. The molecule has 0 radical (unpaired) electrons. The Morgan fingerprint density at radius 3 is 2.84 bits per heavy atom. The van der Waals surface area contributed by atoms with Crippen LogP contribution in [-0.2, 0) is 6.42 Å². The largest absolute Gasteiger partial charge is 0.357 e. The van der Waals surface area contributed by atoms with Crippen LogP contribution >= 0.6 is 24.0 Å². The minimum atomic E-state index is 0. The second-order valence-corrected chi connectivity index (χ2v) is 4.80.